The maximum atomic E-state index is 11.6. The minimum atomic E-state index is -1.11. The Morgan fingerprint density at radius 2 is 1.22 bits per heavy atom. The van der Waals surface area contributed by atoms with Crippen LogP contribution in [-0.4, -0.2) is 30.9 Å². The lowest BCUT2D eigenvalue weighted by Crippen LogP contribution is -2.51. The summed E-state index contributed by atoms with van der Waals surface area (Å²) >= 11 is 0. The number of amides is 2. The van der Waals surface area contributed by atoms with E-state index in [4.69, 9.17) is 5.73 Å². The van der Waals surface area contributed by atoms with Gasteiger partial charge in [-0.3, -0.25) is 9.59 Å². The molecule has 18 heavy (non-hydrogen) atoms. The lowest BCUT2D eigenvalue weighted by atomic mass is 10.1. The molecule has 5 nitrogen and oxygen atoms in total. The van der Waals surface area contributed by atoms with Gasteiger partial charge in [-0.25, -0.2) is 0 Å². The van der Waals surface area contributed by atoms with E-state index in [2.05, 4.69) is 38.3 Å². The van der Waals surface area contributed by atoms with E-state index in [0.717, 1.165) is 12.8 Å². The van der Waals surface area contributed by atoms with Crippen LogP contribution in [0.2, 0.25) is 0 Å². The molecule has 5 heteroatoms. The Bertz CT molecular complexity index is 239. The minimum absolute atomic E-state index is 0.405. The van der Waals surface area contributed by atoms with Crippen molar-refractivity contribution in [3.63, 3.8) is 0 Å². The molecule has 0 aromatic heterocycles. The van der Waals surface area contributed by atoms with Gasteiger partial charge in [-0.15, -0.1) is 0 Å². The predicted molar refractivity (Wildman–Crippen MR) is 72.9 cm³/mol. The normalized spacial score (nSPS) is 11.1. The highest BCUT2D eigenvalue weighted by molar-refractivity contribution is 6.04. The fraction of sp³-hybridized carbons (Fsp3) is 0.846. The summed E-state index contributed by atoms with van der Waals surface area (Å²) in [4.78, 5) is 23.1. The maximum Gasteiger partial charge on any atom is 0.246 e. The zero-order valence-corrected chi connectivity index (χ0v) is 12.0. The van der Waals surface area contributed by atoms with Crippen LogP contribution in [0.25, 0.3) is 0 Å². The summed E-state index contributed by atoms with van der Waals surface area (Å²) in [6.07, 6.45) is 1.76. The second-order valence-corrected chi connectivity index (χ2v) is 5.42. The Labute approximate surface area is 110 Å². The number of hydrogen-bond acceptors (Lipinski definition) is 3. The summed E-state index contributed by atoms with van der Waals surface area (Å²) in [6.45, 7) is 9.41. The van der Waals surface area contributed by atoms with Crippen LogP contribution in [0.5, 0.6) is 0 Å². The summed E-state index contributed by atoms with van der Waals surface area (Å²) in [6, 6.07) is -1.11. The first-order valence-electron chi connectivity index (χ1n) is 6.65. The van der Waals surface area contributed by atoms with Gasteiger partial charge >= 0.3 is 0 Å². The average Bonchev–Trinajstić information content (AvgIpc) is 2.26. The van der Waals surface area contributed by atoms with Gasteiger partial charge in [0.25, 0.3) is 0 Å². The first kappa shape index (κ1) is 16.9. The van der Waals surface area contributed by atoms with E-state index in [0.29, 0.717) is 24.9 Å². The van der Waals surface area contributed by atoms with Crippen LogP contribution >= 0.6 is 0 Å². The van der Waals surface area contributed by atoms with Crippen molar-refractivity contribution in [2.75, 3.05) is 13.1 Å². The molecule has 0 radical (unpaired) electrons. The zero-order valence-electron chi connectivity index (χ0n) is 12.0. The predicted octanol–water partition coefficient (Wildman–Crippen LogP) is 0.638. The van der Waals surface area contributed by atoms with E-state index in [-0.39, 0.29) is 0 Å². The van der Waals surface area contributed by atoms with Crippen molar-refractivity contribution in [3.8, 4) is 0 Å². The van der Waals surface area contributed by atoms with Crippen molar-refractivity contribution >= 4 is 11.8 Å². The van der Waals surface area contributed by atoms with Gasteiger partial charge in [-0.1, -0.05) is 27.7 Å². The molecule has 0 aliphatic carbocycles. The Morgan fingerprint density at radius 1 is 0.889 bits per heavy atom. The molecular weight excluding hydrogens is 230 g/mol. The van der Waals surface area contributed by atoms with Crippen molar-refractivity contribution in [2.24, 2.45) is 17.6 Å². The molecule has 0 saturated heterocycles. The van der Waals surface area contributed by atoms with E-state index in [9.17, 15) is 9.59 Å². The van der Waals surface area contributed by atoms with Crippen LogP contribution in [0.1, 0.15) is 40.5 Å². The van der Waals surface area contributed by atoms with Gasteiger partial charge in [-0.2, -0.15) is 0 Å². The first-order valence-corrected chi connectivity index (χ1v) is 6.65. The molecule has 0 rings (SSSR count). The lowest BCUT2D eigenvalue weighted by Gasteiger charge is -2.13. The smallest absolute Gasteiger partial charge is 0.246 e. The molecule has 0 spiro atoms. The fourth-order valence-corrected chi connectivity index (χ4v) is 1.31. The second kappa shape index (κ2) is 8.91. The number of carbonyl (C=O) groups excluding carboxylic acids is 2. The van der Waals surface area contributed by atoms with Crippen molar-refractivity contribution < 1.29 is 9.59 Å². The molecule has 2 amide bonds. The highest BCUT2D eigenvalue weighted by Gasteiger charge is 2.21. The minimum Gasteiger partial charge on any atom is -0.354 e. The molecule has 0 aromatic carbocycles. The van der Waals surface area contributed by atoms with Crippen LogP contribution in [0.15, 0.2) is 0 Å². The number of carbonyl (C=O) groups is 2. The Kier molecular flexibility index (Phi) is 8.37. The topological polar surface area (TPSA) is 84.2 Å². The Morgan fingerprint density at radius 3 is 1.50 bits per heavy atom. The van der Waals surface area contributed by atoms with E-state index < -0.39 is 17.9 Å². The van der Waals surface area contributed by atoms with Gasteiger partial charge in [0.15, 0.2) is 6.04 Å². The molecule has 4 N–H and O–H groups in total. The third-order valence-electron chi connectivity index (χ3n) is 2.61. The van der Waals surface area contributed by atoms with Gasteiger partial charge in [0.2, 0.25) is 11.8 Å². The summed E-state index contributed by atoms with van der Waals surface area (Å²) in [7, 11) is 0. The molecule has 106 valence electrons. The maximum absolute atomic E-state index is 11.6. The van der Waals surface area contributed by atoms with Crippen molar-refractivity contribution in [1.29, 1.82) is 0 Å². The monoisotopic (exact) mass is 257 g/mol. The van der Waals surface area contributed by atoms with E-state index in [1.807, 2.05) is 0 Å². The highest BCUT2D eigenvalue weighted by atomic mass is 16.2. The number of hydrogen-bond donors (Lipinski definition) is 3. The molecule has 0 aliphatic rings. The van der Waals surface area contributed by atoms with Crippen molar-refractivity contribution in [2.45, 2.75) is 46.6 Å². The van der Waals surface area contributed by atoms with Gasteiger partial charge in [0.05, 0.1) is 0 Å². The van der Waals surface area contributed by atoms with E-state index >= 15 is 0 Å². The SMILES string of the molecule is CC(C)CCNC(=O)C(N)C(=O)NCCC(C)C. The van der Waals surface area contributed by atoms with Gasteiger partial charge in [0, 0.05) is 13.1 Å². The quantitative estimate of drug-likeness (QED) is 0.558. The van der Waals surface area contributed by atoms with Crippen molar-refractivity contribution in [1.82, 2.24) is 10.6 Å². The van der Waals surface area contributed by atoms with Crippen LogP contribution in [-0.2, 0) is 9.59 Å². The summed E-state index contributed by atoms with van der Waals surface area (Å²) in [5.41, 5.74) is 5.57. The van der Waals surface area contributed by atoms with Crippen molar-refractivity contribution in [3.05, 3.63) is 0 Å². The Balaban J connectivity index is 3.86. The highest BCUT2D eigenvalue weighted by Crippen LogP contribution is 1.97. The van der Waals surface area contributed by atoms with Crippen LogP contribution in [0.4, 0.5) is 0 Å². The molecule has 0 atom stereocenters. The van der Waals surface area contributed by atoms with Crippen LogP contribution < -0.4 is 16.4 Å². The summed E-state index contributed by atoms with van der Waals surface area (Å²) in [5.74, 6) is 0.221. The third kappa shape index (κ3) is 8.06. The molecular formula is C13H27N3O2. The summed E-state index contributed by atoms with van der Waals surface area (Å²) < 4.78 is 0. The van der Waals surface area contributed by atoms with E-state index in [1.165, 1.54) is 0 Å². The average molecular weight is 257 g/mol. The summed E-state index contributed by atoms with van der Waals surface area (Å²) in [5, 5.41) is 5.34. The molecule has 0 aliphatic heterocycles. The molecule has 0 aromatic rings. The molecule has 0 unspecified atom stereocenters. The van der Waals surface area contributed by atoms with Gasteiger partial charge in [0.1, 0.15) is 0 Å². The van der Waals surface area contributed by atoms with Gasteiger partial charge in [-0.05, 0) is 24.7 Å². The number of nitrogens with one attached hydrogen (secondary N) is 2. The van der Waals surface area contributed by atoms with Crippen LogP contribution in [0.3, 0.4) is 0 Å². The lowest BCUT2D eigenvalue weighted by molar-refractivity contribution is -0.131. The molecule has 0 saturated carbocycles. The number of nitrogens with two attached hydrogens (primary N) is 1. The first-order chi connectivity index (χ1) is 8.34. The Hall–Kier alpha value is -1.10. The standard InChI is InChI=1S/C13H27N3O2/c1-9(2)5-7-15-12(17)11(14)13(18)16-8-6-10(3)4/h9-11H,5-8,14H2,1-4H3,(H,15,17)(H,16,18). The van der Waals surface area contributed by atoms with Crippen LogP contribution in [0, 0.1) is 11.8 Å². The van der Waals surface area contributed by atoms with E-state index in [1.54, 1.807) is 0 Å². The largest absolute Gasteiger partial charge is 0.354 e. The third-order valence-corrected chi connectivity index (χ3v) is 2.61. The number of rotatable bonds is 8. The molecule has 0 heterocycles. The van der Waals surface area contributed by atoms with Gasteiger partial charge < -0.3 is 16.4 Å². The second-order valence-electron chi connectivity index (χ2n) is 5.42. The molecule has 0 fully saturated rings. The zero-order chi connectivity index (χ0) is 14.1. The fourth-order valence-electron chi connectivity index (χ4n) is 1.31. The molecule has 0 bridgehead atoms.